The van der Waals surface area contributed by atoms with Gasteiger partial charge >= 0.3 is 5.97 Å². The maximum atomic E-state index is 12.2. The van der Waals surface area contributed by atoms with Crippen LogP contribution < -0.4 is 5.32 Å². The minimum Gasteiger partial charge on any atom is -0.466 e. The number of allylic oxidation sites excluding steroid dienone is 1. The zero-order chi connectivity index (χ0) is 15.9. The Balaban J connectivity index is 2.23. The smallest absolute Gasteiger partial charge is 0.338 e. The molecule has 1 N–H and O–H groups in total. The van der Waals surface area contributed by atoms with Crippen LogP contribution in [0.5, 0.6) is 0 Å². The van der Waals surface area contributed by atoms with E-state index in [0.717, 1.165) is 0 Å². The first kappa shape index (κ1) is 14.9. The number of benzene rings is 1. The second kappa shape index (κ2) is 5.62. The summed E-state index contributed by atoms with van der Waals surface area (Å²) in [5.41, 5.74) is 1.76. The Hall–Kier alpha value is -2.05. The Labute approximate surface area is 136 Å². The van der Waals surface area contributed by atoms with Gasteiger partial charge in [-0.3, -0.25) is 0 Å². The number of carbonyl (C=O) groups is 1. The van der Waals surface area contributed by atoms with E-state index in [9.17, 15) is 4.79 Å². The second-order valence-electron chi connectivity index (χ2n) is 4.75. The van der Waals surface area contributed by atoms with Gasteiger partial charge in [-0.2, -0.15) is 10.1 Å². The van der Waals surface area contributed by atoms with Crippen LogP contribution in [0.4, 0.5) is 5.95 Å². The molecule has 0 amide bonds. The molecule has 6 nitrogen and oxygen atoms in total. The highest BCUT2D eigenvalue weighted by Crippen LogP contribution is 2.38. The van der Waals surface area contributed by atoms with E-state index < -0.39 is 12.0 Å². The average Bonchev–Trinajstić information content (AvgIpc) is 2.93. The van der Waals surface area contributed by atoms with Gasteiger partial charge in [0.2, 0.25) is 5.95 Å². The van der Waals surface area contributed by atoms with Crippen molar-refractivity contribution in [3.8, 4) is 0 Å². The maximum Gasteiger partial charge on any atom is 0.338 e. The lowest BCUT2D eigenvalue weighted by molar-refractivity contribution is -0.136. The summed E-state index contributed by atoms with van der Waals surface area (Å²) < 4.78 is 6.49. The molecule has 2 heterocycles. The molecule has 1 aromatic heterocycles. The van der Waals surface area contributed by atoms with Gasteiger partial charge < -0.3 is 10.1 Å². The van der Waals surface area contributed by atoms with Gasteiger partial charge in [-0.1, -0.05) is 29.3 Å². The SMILES string of the molecule is COC(=O)C1=C(C)Nc2ncnn2C1c1ccc(Cl)cc1Cl. The number of ether oxygens (including phenoxy) is 1. The van der Waals surface area contributed by atoms with Gasteiger partial charge in [0.05, 0.1) is 12.7 Å². The number of anilines is 1. The lowest BCUT2D eigenvalue weighted by Crippen LogP contribution is -2.29. The number of carbonyl (C=O) groups excluding carboxylic acids is 1. The predicted molar refractivity (Wildman–Crippen MR) is 83.0 cm³/mol. The van der Waals surface area contributed by atoms with Crippen LogP contribution >= 0.6 is 23.2 Å². The van der Waals surface area contributed by atoms with Gasteiger partial charge in [-0.25, -0.2) is 9.48 Å². The first-order chi connectivity index (χ1) is 10.5. The molecule has 0 saturated carbocycles. The summed E-state index contributed by atoms with van der Waals surface area (Å²) in [5, 5.41) is 8.18. The summed E-state index contributed by atoms with van der Waals surface area (Å²) in [6, 6.07) is 4.57. The number of esters is 1. The molecule has 0 saturated heterocycles. The van der Waals surface area contributed by atoms with Crippen molar-refractivity contribution in [2.45, 2.75) is 13.0 Å². The summed E-state index contributed by atoms with van der Waals surface area (Å²) in [4.78, 5) is 16.4. The third-order valence-corrected chi connectivity index (χ3v) is 4.02. The fourth-order valence-electron chi connectivity index (χ4n) is 2.48. The molecule has 1 unspecified atom stereocenters. The zero-order valence-corrected chi connectivity index (χ0v) is 13.3. The van der Waals surface area contributed by atoms with Crippen molar-refractivity contribution < 1.29 is 9.53 Å². The molecular weight excluding hydrogens is 327 g/mol. The van der Waals surface area contributed by atoms with Crippen molar-refractivity contribution in [3.63, 3.8) is 0 Å². The third kappa shape index (κ3) is 2.34. The Bertz CT molecular complexity index is 785. The minimum absolute atomic E-state index is 0.421. The van der Waals surface area contributed by atoms with Crippen molar-refractivity contribution in [3.05, 3.63) is 51.4 Å². The molecule has 1 atom stereocenters. The summed E-state index contributed by atoms with van der Waals surface area (Å²) in [5.74, 6) is 0.0725. The first-order valence-electron chi connectivity index (χ1n) is 6.43. The van der Waals surface area contributed by atoms with Crippen LogP contribution in [0.25, 0.3) is 0 Å². The lowest BCUT2D eigenvalue weighted by Gasteiger charge is -2.28. The summed E-state index contributed by atoms with van der Waals surface area (Å²) in [6.07, 6.45) is 1.41. The largest absolute Gasteiger partial charge is 0.466 e. The van der Waals surface area contributed by atoms with E-state index >= 15 is 0 Å². The molecule has 22 heavy (non-hydrogen) atoms. The van der Waals surface area contributed by atoms with Crippen LogP contribution in [-0.2, 0) is 9.53 Å². The predicted octanol–water partition coefficient (Wildman–Crippen LogP) is 3.05. The molecular formula is C14H12Cl2N4O2. The van der Waals surface area contributed by atoms with E-state index in [1.54, 1.807) is 29.8 Å². The minimum atomic E-state index is -0.532. The fourth-order valence-corrected chi connectivity index (χ4v) is 2.99. The topological polar surface area (TPSA) is 69.0 Å². The van der Waals surface area contributed by atoms with Gasteiger partial charge in [0.15, 0.2) is 0 Å². The summed E-state index contributed by atoms with van der Waals surface area (Å²) >= 11 is 12.3. The van der Waals surface area contributed by atoms with E-state index in [0.29, 0.717) is 32.8 Å². The highest BCUT2D eigenvalue weighted by molar-refractivity contribution is 6.35. The van der Waals surface area contributed by atoms with Crippen molar-refractivity contribution in [1.29, 1.82) is 0 Å². The number of rotatable bonds is 2. The summed E-state index contributed by atoms with van der Waals surface area (Å²) in [6.45, 7) is 1.78. The normalized spacial score (nSPS) is 17.0. The second-order valence-corrected chi connectivity index (χ2v) is 5.60. The third-order valence-electron chi connectivity index (χ3n) is 3.46. The quantitative estimate of drug-likeness (QED) is 0.852. The van der Waals surface area contributed by atoms with Gasteiger partial charge in [0, 0.05) is 21.3 Å². The van der Waals surface area contributed by atoms with Crippen LogP contribution in [0, 0.1) is 0 Å². The number of nitrogens with one attached hydrogen (secondary N) is 1. The lowest BCUT2D eigenvalue weighted by atomic mass is 9.96. The molecule has 3 rings (SSSR count). The van der Waals surface area contributed by atoms with Crippen molar-refractivity contribution in [2.24, 2.45) is 0 Å². The van der Waals surface area contributed by atoms with Crippen LogP contribution in [0.2, 0.25) is 10.0 Å². The van der Waals surface area contributed by atoms with E-state index in [4.69, 9.17) is 27.9 Å². The molecule has 114 valence electrons. The number of methoxy groups -OCH3 is 1. The average molecular weight is 339 g/mol. The standard InChI is InChI=1S/C14H12Cl2N4O2/c1-7-11(13(21)22-2)12(20-14(19-7)17-6-18-20)9-4-3-8(15)5-10(9)16/h3-6,12H,1-2H3,(H,17,18,19). The number of fused-ring (bicyclic) bond motifs is 1. The number of nitrogens with zero attached hydrogens (tertiary/aromatic N) is 3. The zero-order valence-electron chi connectivity index (χ0n) is 11.8. The molecule has 0 radical (unpaired) electrons. The van der Waals surface area contributed by atoms with Gasteiger partial charge in [-0.15, -0.1) is 0 Å². The monoisotopic (exact) mass is 338 g/mol. The van der Waals surface area contributed by atoms with Crippen LogP contribution in [0.15, 0.2) is 35.8 Å². The van der Waals surface area contributed by atoms with Crippen LogP contribution in [-0.4, -0.2) is 27.8 Å². The first-order valence-corrected chi connectivity index (χ1v) is 7.19. The van der Waals surface area contributed by atoms with Crippen molar-refractivity contribution in [1.82, 2.24) is 14.8 Å². The number of halogens is 2. The highest BCUT2D eigenvalue weighted by atomic mass is 35.5. The van der Waals surface area contributed by atoms with Crippen LogP contribution in [0.3, 0.4) is 0 Å². The van der Waals surface area contributed by atoms with Gasteiger partial charge in [0.25, 0.3) is 0 Å². The molecule has 0 fully saturated rings. The highest BCUT2D eigenvalue weighted by Gasteiger charge is 2.35. The Morgan fingerprint density at radius 3 is 2.86 bits per heavy atom. The molecule has 2 aromatic rings. The number of hydrogen-bond acceptors (Lipinski definition) is 5. The van der Waals surface area contributed by atoms with Gasteiger partial charge in [0.1, 0.15) is 12.4 Å². The maximum absolute atomic E-state index is 12.2. The Morgan fingerprint density at radius 2 is 2.18 bits per heavy atom. The molecule has 1 aliphatic rings. The molecule has 0 spiro atoms. The fraction of sp³-hybridized carbons (Fsp3) is 0.214. The van der Waals surface area contributed by atoms with Crippen molar-refractivity contribution >= 4 is 35.1 Å². The van der Waals surface area contributed by atoms with E-state index in [1.165, 1.54) is 13.4 Å². The number of aromatic nitrogens is 3. The van der Waals surface area contributed by atoms with Crippen molar-refractivity contribution in [2.75, 3.05) is 12.4 Å². The van der Waals surface area contributed by atoms with Gasteiger partial charge in [-0.05, 0) is 19.1 Å². The van der Waals surface area contributed by atoms with E-state index in [1.807, 2.05) is 0 Å². The molecule has 8 heteroatoms. The Kier molecular flexibility index (Phi) is 3.80. The van der Waals surface area contributed by atoms with Crippen LogP contribution in [0.1, 0.15) is 18.5 Å². The Morgan fingerprint density at radius 1 is 1.41 bits per heavy atom. The van der Waals surface area contributed by atoms with E-state index in [2.05, 4.69) is 15.4 Å². The summed E-state index contributed by atoms with van der Waals surface area (Å²) in [7, 11) is 1.33. The molecule has 0 bridgehead atoms. The number of hydrogen-bond donors (Lipinski definition) is 1. The molecule has 1 aliphatic heterocycles. The van der Waals surface area contributed by atoms with E-state index in [-0.39, 0.29) is 0 Å². The molecule has 0 aliphatic carbocycles. The molecule has 1 aromatic carbocycles.